The van der Waals surface area contributed by atoms with Crippen molar-refractivity contribution in [3.05, 3.63) is 28.2 Å². The average molecular weight is 315 g/mol. The lowest BCUT2D eigenvalue weighted by atomic mass is 10.0. The summed E-state index contributed by atoms with van der Waals surface area (Å²) in [5, 5.41) is 6.11. The lowest BCUT2D eigenvalue weighted by molar-refractivity contribution is -0.134. The Hall–Kier alpha value is -1.26. The van der Waals surface area contributed by atoms with Crippen LogP contribution in [0, 0.1) is 5.41 Å². The molecule has 0 unspecified atom stereocenters. The van der Waals surface area contributed by atoms with E-state index in [9.17, 15) is 9.59 Å². The van der Waals surface area contributed by atoms with Crippen LogP contribution in [0.15, 0.2) is 18.2 Å². The van der Waals surface area contributed by atoms with Gasteiger partial charge in [0.2, 0.25) is 11.8 Å². The maximum absolute atomic E-state index is 12.3. The van der Waals surface area contributed by atoms with Crippen LogP contribution in [0.3, 0.4) is 0 Å². The Morgan fingerprint density at radius 2 is 1.85 bits per heavy atom. The van der Waals surface area contributed by atoms with E-state index in [2.05, 4.69) is 10.6 Å². The van der Waals surface area contributed by atoms with Crippen LogP contribution in [0.4, 0.5) is 5.69 Å². The molecular weight excluding hydrogens is 299 g/mol. The minimum atomic E-state index is -0.962. The normalized spacial score (nSPS) is 15.8. The van der Waals surface area contributed by atoms with E-state index < -0.39 is 5.41 Å². The summed E-state index contributed by atoms with van der Waals surface area (Å²) in [5.74, 6) is -0.567. The summed E-state index contributed by atoms with van der Waals surface area (Å²) in [4.78, 5) is 24.4. The van der Waals surface area contributed by atoms with Crippen molar-refractivity contribution in [1.82, 2.24) is 5.32 Å². The number of anilines is 1. The maximum Gasteiger partial charge on any atom is 0.240 e. The van der Waals surface area contributed by atoms with E-state index in [1.807, 2.05) is 13.8 Å². The smallest absolute Gasteiger partial charge is 0.240 e. The Bertz CT molecular complexity index is 554. The molecule has 1 aliphatic rings. The zero-order valence-corrected chi connectivity index (χ0v) is 12.8. The van der Waals surface area contributed by atoms with E-state index in [1.54, 1.807) is 18.2 Å². The van der Waals surface area contributed by atoms with Crippen molar-refractivity contribution in [2.24, 2.45) is 5.41 Å². The standard InChI is InChI=1S/C14H16Cl2N2O2/c1-8(2)17-12(19)14(6-7-14)13(20)18-10-5-3-4-9(15)11(10)16/h3-5,8H,6-7H2,1-2H3,(H,17,19)(H,18,20). The number of carbonyl (C=O) groups is 2. The molecule has 20 heavy (non-hydrogen) atoms. The predicted molar refractivity (Wildman–Crippen MR) is 80.0 cm³/mol. The first-order valence-electron chi connectivity index (χ1n) is 6.43. The molecule has 1 fully saturated rings. The quantitative estimate of drug-likeness (QED) is 0.838. The van der Waals surface area contributed by atoms with E-state index >= 15 is 0 Å². The van der Waals surface area contributed by atoms with Crippen LogP contribution < -0.4 is 10.6 Å². The largest absolute Gasteiger partial charge is 0.353 e. The molecule has 0 bridgehead atoms. The van der Waals surface area contributed by atoms with Gasteiger partial charge in [-0.15, -0.1) is 0 Å². The van der Waals surface area contributed by atoms with Gasteiger partial charge >= 0.3 is 0 Å². The van der Waals surface area contributed by atoms with Crippen LogP contribution in [-0.2, 0) is 9.59 Å². The van der Waals surface area contributed by atoms with Gasteiger partial charge in [-0.25, -0.2) is 0 Å². The number of hydrogen-bond acceptors (Lipinski definition) is 2. The topological polar surface area (TPSA) is 58.2 Å². The second-order valence-corrected chi connectivity index (χ2v) is 6.05. The van der Waals surface area contributed by atoms with Crippen LogP contribution in [-0.4, -0.2) is 17.9 Å². The molecule has 2 amide bonds. The van der Waals surface area contributed by atoms with Gasteiger partial charge in [0.1, 0.15) is 5.41 Å². The van der Waals surface area contributed by atoms with E-state index in [4.69, 9.17) is 23.2 Å². The molecule has 108 valence electrons. The lowest BCUT2D eigenvalue weighted by Crippen LogP contribution is -2.42. The molecule has 1 saturated carbocycles. The fourth-order valence-electron chi connectivity index (χ4n) is 1.92. The van der Waals surface area contributed by atoms with Gasteiger partial charge in [0.05, 0.1) is 15.7 Å². The van der Waals surface area contributed by atoms with Crippen molar-refractivity contribution in [3.63, 3.8) is 0 Å². The summed E-state index contributed by atoms with van der Waals surface area (Å²) in [6.45, 7) is 3.72. The van der Waals surface area contributed by atoms with Gasteiger partial charge in [0, 0.05) is 6.04 Å². The van der Waals surface area contributed by atoms with Crippen LogP contribution in [0.5, 0.6) is 0 Å². The van der Waals surface area contributed by atoms with Gasteiger partial charge in [-0.1, -0.05) is 29.3 Å². The molecule has 0 heterocycles. The minimum absolute atomic E-state index is 0.00235. The van der Waals surface area contributed by atoms with Gasteiger partial charge in [0.25, 0.3) is 0 Å². The van der Waals surface area contributed by atoms with E-state index in [1.165, 1.54) is 0 Å². The molecule has 0 aromatic heterocycles. The Balaban J connectivity index is 2.12. The molecule has 1 aromatic carbocycles. The number of halogens is 2. The van der Waals surface area contributed by atoms with E-state index in [0.29, 0.717) is 23.6 Å². The number of hydrogen-bond donors (Lipinski definition) is 2. The number of rotatable bonds is 4. The van der Waals surface area contributed by atoms with Crippen molar-refractivity contribution >= 4 is 40.7 Å². The van der Waals surface area contributed by atoms with Gasteiger partial charge < -0.3 is 10.6 Å². The predicted octanol–water partition coefficient (Wildman–Crippen LogP) is 3.24. The summed E-state index contributed by atoms with van der Waals surface area (Å²) in [6, 6.07) is 4.99. The summed E-state index contributed by atoms with van der Waals surface area (Å²) >= 11 is 11.9. The van der Waals surface area contributed by atoms with Crippen molar-refractivity contribution in [2.45, 2.75) is 32.7 Å². The van der Waals surface area contributed by atoms with Gasteiger partial charge in [-0.3, -0.25) is 9.59 Å². The molecule has 0 spiro atoms. The summed E-state index contributed by atoms with van der Waals surface area (Å²) in [7, 11) is 0. The molecule has 2 rings (SSSR count). The van der Waals surface area contributed by atoms with Crippen LogP contribution in [0.2, 0.25) is 10.0 Å². The molecule has 6 heteroatoms. The first kappa shape index (κ1) is 15.1. The summed E-state index contributed by atoms with van der Waals surface area (Å²) in [6.07, 6.45) is 1.10. The van der Waals surface area contributed by atoms with Gasteiger partial charge in [0.15, 0.2) is 0 Å². The summed E-state index contributed by atoms with van der Waals surface area (Å²) in [5.41, 5.74) is -0.539. The van der Waals surface area contributed by atoms with Gasteiger partial charge in [-0.05, 0) is 38.8 Å². The Labute approximate surface area is 127 Å². The second-order valence-electron chi connectivity index (χ2n) is 5.27. The minimum Gasteiger partial charge on any atom is -0.353 e. The fourth-order valence-corrected chi connectivity index (χ4v) is 2.27. The van der Waals surface area contributed by atoms with Crippen LogP contribution in [0.1, 0.15) is 26.7 Å². The molecule has 0 atom stereocenters. The van der Waals surface area contributed by atoms with Crippen molar-refractivity contribution < 1.29 is 9.59 Å². The van der Waals surface area contributed by atoms with Crippen molar-refractivity contribution in [3.8, 4) is 0 Å². The molecule has 0 saturated heterocycles. The highest BCUT2D eigenvalue weighted by Crippen LogP contribution is 2.47. The molecule has 1 aromatic rings. The fraction of sp³-hybridized carbons (Fsp3) is 0.429. The lowest BCUT2D eigenvalue weighted by Gasteiger charge is -2.17. The Morgan fingerprint density at radius 1 is 1.20 bits per heavy atom. The Kier molecular flexibility index (Phi) is 4.25. The molecular formula is C14H16Cl2N2O2. The molecule has 0 aliphatic heterocycles. The zero-order valence-electron chi connectivity index (χ0n) is 11.3. The first-order valence-corrected chi connectivity index (χ1v) is 7.19. The highest BCUT2D eigenvalue weighted by molar-refractivity contribution is 6.44. The Morgan fingerprint density at radius 3 is 2.40 bits per heavy atom. The second kappa shape index (κ2) is 5.62. The third kappa shape index (κ3) is 2.91. The molecule has 0 radical (unpaired) electrons. The average Bonchev–Trinajstić information content (AvgIpc) is 3.15. The summed E-state index contributed by atoms with van der Waals surface area (Å²) < 4.78 is 0. The maximum atomic E-state index is 12.3. The molecule has 4 nitrogen and oxygen atoms in total. The molecule has 1 aliphatic carbocycles. The number of amides is 2. The van der Waals surface area contributed by atoms with Crippen LogP contribution in [0.25, 0.3) is 0 Å². The van der Waals surface area contributed by atoms with Crippen molar-refractivity contribution in [2.75, 3.05) is 5.32 Å². The third-order valence-corrected chi connectivity index (χ3v) is 4.06. The third-order valence-electron chi connectivity index (χ3n) is 3.24. The van der Waals surface area contributed by atoms with E-state index in [-0.39, 0.29) is 22.9 Å². The number of carbonyl (C=O) groups excluding carboxylic acids is 2. The highest BCUT2D eigenvalue weighted by Gasteiger charge is 2.56. The zero-order chi connectivity index (χ0) is 14.9. The van der Waals surface area contributed by atoms with E-state index in [0.717, 1.165) is 0 Å². The first-order chi connectivity index (χ1) is 9.36. The molecule has 2 N–H and O–H groups in total. The van der Waals surface area contributed by atoms with Crippen molar-refractivity contribution in [1.29, 1.82) is 0 Å². The monoisotopic (exact) mass is 314 g/mol. The van der Waals surface area contributed by atoms with Gasteiger partial charge in [-0.2, -0.15) is 0 Å². The van der Waals surface area contributed by atoms with Crippen LogP contribution >= 0.6 is 23.2 Å². The SMILES string of the molecule is CC(C)NC(=O)C1(C(=O)Nc2cccc(Cl)c2Cl)CC1. The number of nitrogens with one attached hydrogen (secondary N) is 2. The number of benzene rings is 1. The highest BCUT2D eigenvalue weighted by atomic mass is 35.5.